The summed E-state index contributed by atoms with van der Waals surface area (Å²) in [4.78, 5) is 12.6. The first-order valence-electron chi connectivity index (χ1n) is 9.39. The van der Waals surface area contributed by atoms with Gasteiger partial charge in [0.2, 0.25) is 21.8 Å². The lowest BCUT2D eigenvalue weighted by atomic mass is 9.97. The number of sulfonamides is 1. The molecule has 2 aromatic carbocycles. The Morgan fingerprint density at radius 1 is 1.03 bits per heavy atom. The van der Waals surface area contributed by atoms with E-state index in [1.807, 2.05) is 30.3 Å². The van der Waals surface area contributed by atoms with Gasteiger partial charge < -0.3 is 4.42 Å². The fourth-order valence-electron chi connectivity index (χ4n) is 3.29. The van der Waals surface area contributed by atoms with Crippen molar-refractivity contribution in [3.05, 3.63) is 60.4 Å². The molecule has 1 saturated heterocycles. The summed E-state index contributed by atoms with van der Waals surface area (Å²) >= 11 is 0. The van der Waals surface area contributed by atoms with Gasteiger partial charge in [0, 0.05) is 24.6 Å². The summed E-state index contributed by atoms with van der Waals surface area (Å²) in [5.41, 5.74) is 0.741. The number of aromatic nitrogens is 2. The van der Waals surface area contributed by atoms with Crippen LogP contribution in [-0.4, -0.2) is 41.9 Å². The molecule has 8 nitrogen and oxygen atoms in total. The van der Waals surface area contributed by atoms with Crippen molar-refractivity contribution in [1.29, 1.82) is 0 Å². The smallest absolute Gasteiger partial charge is 0.322 e. The van der Waals surface area contributed by atoms with Crippen LogP contribution in [0.3, 0.4) is 0 Å². The van der Waals surface area contributed by atoms with Crippen molar-refractivity contribution in [2.24, 2.45) is 5.92 Å². The summed E-state index contributed by atoms with van der Waals surface area (Å²) in [5, 5.41) is 10.4. The van der Waals surface area contributed by atoms with Crippen molar-refractivity contribution in [1.82, 2.24) is 14.5 Å². The Labute approximate surface area is 172 Å². The molecule has 1 aliphatic heterocycles. The predicted molar refractivity (Wildman–Crippen MR) is 106 cm³/mol. The molecule has 4 rings (SSSR count). The highest BCUT2D eigenvalue weighted by molar-refractivity contribution is 7.89. The number of halogens is 1. The lowest BCUT2D eigenvalue weighted by molar-refractivity contribution is -0.121. The molecule has 10 heteroatoms. The number of amides is 1. The van der Waals surface area contributed by atoms with Crippen molar-refractivity contribution in [3.8, 4) is 11.5 Å². The van der Waals surface area contributed by atoms with Gasteiger partial charge in [0.05, 0.1) is 4.90 Å². The summed E-state index contributed by atoms with van der Waals surface area (Å²) in [6.45, 7) is 0.383. The Hall–Kier alpha value is -3.11. The van der Waals surface area contributed by atoms with Crippen LogP contribution in [0.15, 0.2) is 63.9 Å². The highest BCUT2D eigenvalue weighted by atomic mass is 32.2. The van der Waals surface area contributed by atoms with Crippen molar-refractivity contribution in [2.75, 3.05) is 18.4 Å². The van der Waals surface area contributed by atoms with Gasteiger partial charge in [0.1, 0.15) is 5.82 Å². The summed E-state index contributed by atoms with van der Waals surface area (Å²) in [6.07, 6.45) is 0.706. The Kier molecular flexibility index (Phi) is 5.60. The molecule has 0 unspecified atom stereocenters. The molecule has 1 aromatic heterocycles. The highest BCUT2D eigenvalue weighted by Crippen LogP contribution is 2.25. The van der Waals surface area contributed by atoms with Crippen LogP contribution in [0.5, 0.6) is 0 Å². The van der Waals surface area contributed by atoms with E-state index in [0.29, 0.717) is 18.7 Å². The van der Waals surface area contributed by atoms with Gasteiger partial charge in [-0.3, -0.25) is 10.1 Å². The van der Waals surface area contributed by atoms with Gasteiger partial charge in [-0.1, -0.05) is 23.3 Å². The third kappa shape index (κ3) is 4.24. The number of hydrogen-bond acceptors (Lipinski definition) is 6. The molecule has 0 aliphatic carbocycles. The minimum Gasteiger partial charge on any atom is -0.403 e. The maximum Gasteiger partial charge on any atom is 0.322 e. The van der Waals surface area contributed by atoms with E-state index in [1.165, 1.54) is 16.4 Å². The number of anilines is 1. The van der Waals surface area contributed by atoms with Crippen LogP contribution in [0.4, 0.5) is 10.4 Å². The topological polar surface area (TPSA) is 105 Å². The fourth-order valence-corrected chi connectivity index (χ4v) is 4.76. The first-order chi connectivity index (χ1) is 14.4. The molecular weight excluding hydrogens is 411 g/mol. The van der Waals surface area contributed by atoms with Crippen molar-refractivity contribution < 1.29 is 22.0 Å². The second-order valence-electron chi connectivity index (χ2n) is 6.90. The average molecular weight is 430 g/mol. The Bertz CT molecular complexity index is 1130. The molecule has 30 heavy (non-hydrogen) atoms. The number of piperidine rings is 1. The molecule has 1 fully saturated rings. The molecule has 0 atom stereocenters. The van der Waals surface area contributed by atoms with Crippen LogP contribution >= 0.6 is 0 Å². The van der Waals surface area contributed by atoms with Crippen LogP contribution in [0.2, 0.25) is 0 Å². The molecule has 1 N–H and O–H groups in total. The first kappa shape index (κ1) is 20.2. The van der Waals surface area contributed by atoms with Crippen LogP contribution in [0.25, 0.3) is 11.5 Å². The van der Waals surface area contributed by atoms with E-state index in [1.54, 1.807) is 0 Å². The molecule has 2 heterocycles. The third-order valence-electron chi connectivity index (χ3n) is 4.95. The second-order valence-corrected chi connectivity index (χ2v) is 8.84. The van der Waals surface area contributed by atoms with Crippen LogP contribution in [0, 0.1) is 11.7 Å². The summed E-state index contributed by atoms with van der Waals surface area (Å²) < 4.78 is 45.2. The molecule has 1 amide bonds. The van der Waals surface area contributed by atoms with Crippen LogP contribution in [0.1, 0.15) is 12.8 Å². The van der Waals surface area contributed by atoms with Gasteiger partial charge in [-0.05, 0) is 49.2 Å². The zero-order valence-electron chi connectivity index (χ0n) is 15.9. The number of rotatable bonds is 5. The van der Waals surface area contributed by atoms with E-state index >= 15 is 0 Å². The second kappa shape index (κ2) is 8.33. The number of nitrogens with zero attached hydrogens (tertiary/aromatic N) is 3. The maximum absolute atomic E-state index is 13.1. The quantitative estimate of drug-likeness (QED) is 0.667. The molecule has 156 valence electrons. The SMILES string of the molecule is O=C(Nc1nnc(-c2ccccc2)o1)C1CCN(S(=O)(=O)c2ccc(F)cc2)CC1. The first-order valence-corrected chi connectivity index (χ1v) is 10.8. The Balaban J connectivity index is 1.36. The Morgan fingerprint density at radius 3 is 2.37 bits per heavy atom. The number of nitrogens with one attached hydrogen (secondary N) is 1. The Morgan fingerprint density at radius 2 is 1.70 bits per heavy atom. The van der Waals surface area contributed by atoms with Crippen LogP contribution < -0.4 is 5.32 Å². The fraction of sp³-hybridized carbons (Fsp3) is 0.250. The van der Waals surface area contributed by atoms with Crippen molar-refractivity contribution >= 4 is 21.9 Å². The van der Waals surface area contributed by atoms with E-state index in [2.05, 4.69) is 15.5 Å². The minimum absolute atomic E-state index is 0.000200. The molecule has 1 aliphatic rings. The molecule has 0 spiro atoms. The van der Waals surface area contributed by atoms with Gasteiger partial charge in [-0.25, -0.2) is 12.8 Å². The largest absolute Gasteiger partial charge is 0.403 e. The number of benzene rings is 2. The number of carbonyl (C=O) groups excluding carboxylic acids is 1. The van der Waals surface area contributed by atoms with E-state index < -0.39 is 15.8 Å². The zero-order chi connectivity index (χ0) is 21.1. The predicted octanol–water partition coefficient (Wildman–Crippen LogP) is 2.92. The monoisotopic (exact) mass is 430 g/mol. The van der Waals surface area contributed by atoms with Crippen molar-refractivity contribution in [2.45, 2.75) is 17.7 Å². The number of carbonyl (C=O) groups is 1. The average Bonchev–Trinajstić information content (AvgIpc) is 3.23. The highest BCUT2D eigenvalue weighted by Gasteiger charge is 2.32. The van der Waals surface area contributed by atoms with Gasteiger partial charge in [-0.15, -0.1) is 5.10 Å². The van der Waals surface area contributed by atoms with Crippen LogP contribution in [-0.2, 0) is 14.8 Å². The van der Waals surface area contributed by atoms with E-state index in [-0.39, 0.29) is 35.8 Å². The van der Waals surface area contributed by atoms with Gasteiger partial charge >= 0.3 is 6.01 Å². The molecule has 0 radical (unpaired) electrons. The molecule has 0 saturated carbocycles. The molecule has 3 aromatic rings. The third-order valence-corrected chi connectivity index (χ3v) is 6.86. The minimum atomic E-state index is -3.72. The summed E-state index contributed by atoms with van der Waals surface area (Å²) in [6, 6.07) is 13.9. The summed E-state index contributed by atoms with van der Waals surface area (Å²) in [7, 11) is -3.72. The zero-order valence-corrected chi connectivity index (χ0v) is 16.7. The standard InChI is InChI=1S/C20H19FN4O4S/c21-16-6-8-17(9-7-16)30(27,28)25-12-10-14(11-13-25)18(26)22-20-24-23-19(29-20)15-4-2-1-3-5-15/h1-9,14H,10-13H2,(H,22,24,26). The maximum atomic E-state index is 13.1. The molecular formula is C20H19FN4O4S. The van der Waals surface area contributed by atoms with Gasteiger partial charge in [0.25, 0.3) is 0 Å². The van der Waals surface area contributed by atoms with Gasteiger partial charge in [-0.2, -0.15) is 4.31 Å². The summed E-state index contributed by atoms with van der Waals surface area (Å²) in [5.74, 6) is -0.874. The normalized spacial score (nSPS) is 15.8. The number of hydrogen-bond donors (Lipinski definition) is 1. The van der Waals surface area contributed by atoms with Crippen molar-refractivity contribution in [3.63, 3.8) is 0 Å². The lowest BCUT2D eigenvalue weighted by Crippen LogP contribution is -2.41. The molecule has 0 bridgehead atoms. The van der Waals surface area contributed by atoms with E-state index in [0.717, 1.165) is 17.7 Å². The van der Waals surface area contributed by atoms with Gasteiger partial charge in [0.15, 0.2) is 0 Å². The van der Waals surface area contributed by atoms with E-state index in [9.17, 15) is 17.6 Å². The lowest BCUT2D eigenvalue weighted by Gasteiger charge is -2.30. The van der Waals surface area contributed by atoms with E-state index in [4.69, 9.17) is 4.42 Å².